The number of hydrogen-bond donors (Lipinski definition) is 1. The lowest BCUT2D eigenvalue weighted by Crippen LogP contribution is -2.35. The van der Waals surface area contributed by atoms with Crippen LogP contribution in [0.4, 0.5) is 0 Å². The first kappa shape index (κ1) is 6.75. The zero-order valence-corrected chi connectivity index (χ0v) is 7.44. The van der Waals surface area contributed by atoms with E-state index in [1.807, 2.05) is 0 Å². The standard InChI is InChI=1S/C8H14N2S/c1-6-2-9-3-8(6)10-5-11-4-7(1)10/h6-9H,1-5H2/t6-,7+,8+/m1/s1. The number of nitrogens with zero attached hydrogens (tertiary/aromatic N) is 1. The molecule has 1 N–H and O–H groups in total. The topological polar surface area (TPSA) is 15.3 Å². The van der Waals surface area contributed by atoms with Crippen molar-refractivity contribution >= 4 is 11.8 Å². The third kappa shape index (κ3) is 0.879. The zero-order chi connectivity index (χ0) is 7.26. The number of nitrogens with one attached hydrogen (secondary N) is 1. The summed E-state index contributed by atoms with van der Waals surface area (Å²) in [6.07, 6.45) is 1.46. The maximum atomic E-state index is 3.49. The molecule has 0 amide bonds. The SMILES string of the molecule is C1NC[C@H]2[C@@H]1C[C@H]1CSCN12. The van der Waals surface area contributed by atoms with Gasteiger partial charge in [0.05, 0.1) is 0 Å². The van der Waals surface area contributed by atoms with E-state index in [2.05, 4.69) is 22.0 Å². The molecule has 11 heavy (non-hydrogen) atoms. The van der Waals surface area contributed by atoms with Crippen LogP contribution in [0.15, 0.2) is 0 Å². The van der Waals surface area contributed by atoms with Crippen LogP contribution in [-0.4, -0.2) is 41.7 Å². The molecule has 3 fully saturated rings. The summed E-state index contributed by atoms with van der Waals surface area (Å²) in [6.45, 7) is 2.53. The lowest BCUT2D eigenvalue weighted by atomic mass is 10.0. The second-order valence-electron chi connectivity index (χ2n) is 3.89. The molecule has 3 rings (SSSR count). The summed E-state index contributed by atoms with van der Waals surface area (Å²) in [5, 5.41) is 3.49. The van der Waals surface area contributed by atoms with E-state index in [0.29, 0.717) is 0 Å². The zero-order valence-electron chi connectivity index (χ0n) is 6.62. The molecule has 3 heteroatoms. The Labute approximate surface area is 71.7 Å². The van der Waals surface area contributed by atoms with E-state index < -0.39 is 0 Å². The van der Waals surface area contributed by atoms with Gasteiger partial charge in [-0.1, -0.05) is 0 Å². The maximum absolute atomic E-state index is 3.49. The summed E-state index contributed by atoms with van der Waals surface area (Å²) in [5.74, 6) is 3.68. The van der Waals surface area contributed by atoms with E-state index >= 15 is 0 Å². The molecular weight excluding hydrogens is 156 g/mol. The van der Waals surface area contributed by atoms with Crippen LogP contribution in [0, 0.1) is 5.92 Å². The van der Waals surface area contributed by atoms with Gasteiger partial charge < -0.3 is 5.32 Å². The van der Waals surface area contributed by atoms with Crippen LogP contribution in [-0.2, 0) is 0 Å². The fraction of sp³-hybridized carbons (Fsp3) is 1.00. The van der Waals surface area contributed by atoms with Crippen molar-refractivity contribution in [2.75, 3.05) is 24.7 Å². The monoisotopic (exact) mass is 170 g/mol. The lowest BCUT2D eigenvalue weighted by Gasteiger charge is -2.20. The Kier molecular flexibility index (Phi) is 1.46. The van der Waals surface area contributed by atoms with Gasteiger partial charge in [0.25, 0.3) is 0 Å². The Bertz CT molecular complexity index is 155. The van der Waals surface area contributed by atoms with Crippen LogP contribution < -0.4 is 5.32 Å². The van der Waals surface area contributed by atoms with Gasteiger partial charge in [-0.2, -0.15) is 0 Å². The molecule has 0 aromatic rings. The summed E-state index contributed by atoms with van der Waals surface area (Å²) in [6, 6.07) is 1.84. The van der Waals surface area contributed by atoms with E-state index in [9.17, 15) is 0 Å². The van der Waals surface area contributed by atoms with Crippen molar-refractivity contribution in [2.45, 2.75) is 18.5 Å². The number of thioether (sulfide) groups is 1. The minimum absolute atomic E-state index is 0.898. The van der Waals surface area contributed by atoms with Crippen LogP contribution in [0.5, 0.6) is 0 Å². The molecule has 0 aromatic heterocycles. The fourth-order valence-electron chi connectivity index (χ4n) is 2.76. The highest BCUT2D eigenvalue weighted by atomic mass is 32.2. The Morgan fingerprint density at radius 3 is 3.36 bits per heavy atom. The highest BCUT2D eigenvalue weighted by molar-refractivity contribution is 7.99. The number of fused-ring (bicyclic) bond motifs is 3. The van der Waals surface area contributed by atoms with Crippen molar-refractivity contribution in [1.82, 2.24) is 10.2 Å². The lowest BCUT2D eigenvalue weighted by molar-refractivity contribution is 0.259. The molecule has 62 valence electrons. The largest absolute Gasteiger partial charge is 0.315 e. The fourth-order valence-corrected chi connectivity index (χ4v) is 4.08. The summed E-state index contributed by atoms with van der Waals surface area (Å²) >= 11 is 2.11. The van der Waals surface area contributed by atoms with Gasteiger partial charge in [-0.3, -0.25) is 4.90 Å². The van der Waals surface area contributed by atoms with Gasteiger partial charge in [0, 0.05) is 30.3 Å². The average Bonchev–Trinajstić information content (AvgIpc) is 2.52. The Morgan fingerprint density at radius 2 is 2.36 bits per heavy atom. The molecule has 3 aliphatic rings. The predicted molar refractivity (Wildman–Crippen MR) is 47.7 cm³/mol. The molecule has 0 unspecified atom stereocenters. The molecule has 0 bridgehead atoms. The summed E-state index contributed by atoms with van der Waals surface area (Å²) < 4.78 is 0. The average molecular weight is 170 g/mol. The molecule has 0 aliphatic carbocycles. The van der Waals surface area contributed by atoms with E-state index in [1.165, 1.54) is 31.1 Å². The van der Waals surface area contributed by atoms with Gasteiger partial charge in [-0.15, -0.1) is 11.8 Å². The van der Waals surface area contributed by atoms with Gasteiger partial charge in [-0.25, -0.2) is 0 Å². The second-order valence-corrected chi connectivity index (χ2v) is 4.89. The minimum atomic E-state index is 0.898. The second kappa shape index (κ2) is 2.38. The van der Waals surface area contributed by atoms with Gasteiger partial charge in [0.2, 0.25) is 0 Å². The minimum Gasteiger partial charge on any atom is -0.315 e. The predicted octanol–water partition coefficient (Wildman–Crippen LogP) is 0.353. The first-order valence-corrected chi connectivity index (χ1v) is 5.65. The van der Waals surface area contributed by atoms with E-state index in [0.717, 1.165) is 18.0 Å². The molecule has 0 radical (unpaired) electrons. The molecule has 3 aliphatic heterocycles. The van der Waals surface area contributed by atoms with Crippen LogP contribution in [0.2, 0.25) is 0 Å². The van der Waals surface area contributed by atoms with Crippen molar-refractivity contribution in [2.24, 2.45) is 5.92 Å². The van der Waals surface area contributed by atoms with Crippen LogP contribution in [0.25, 0.3) is 0 Å². The smallest absolute Gasteiger partial charge is 0.0451 e. The summed E-state index contributed by atoms with van der Waals surface area (Å²) in [4.78, 5) is 2.72. The van der Waals surface area contributed by atoms with Crippen molar-refractivity contribution in [3.63, 3.8) is 0 Å². The van der Waals surface area contributed by atoms with Crippen molar-refractivity contribution in [3.05, 3.63) is 0 Å². The van der Waals surface area contributed by atoms with Crippen LogP contribution in [0.1, 0.15) is 6.42 Å². The third-order valence-corrected chi connectivity index (χ3v) is 4.43. The third-order valence-electron chi connectivity index (χ3n) is 3.32. The number of hydrogen-bond acceptors (Lipinski definition) is 3. The quantitative estimate of drug-likeness (QED) is 0.565. The van der Waals surface area contributed by atoms with Gasteiger partial charge in [0.1, 0.15) is 0 Å². The molecule has 2 nitrogen and oxygen atoms in total. The van der Waals surface area contributed by atoms with E-state index in [4.69, 9.17) is 0 Å². The highest BCUT2D eigenvalue weighted by Crippen LogP contribution is 2.38. The molecular formula is C8H14N2S. The molecule has 3 saturated heterocycles. The molecule has 3 heterocycles. The van der Waals surface area contributed by atoms with Crippen molar-refractivity contribution in [3.8, 4) is 0 Å². The van der Waals surface area contributed by atoms with Crippen molar-refractivity contribution in [1.29, 1.82) is 0 Å². The van der Waals surface area contributed by atoms with Crippen LogP contribution in [0.3, 0.4) is 0 Å². The van der Waals surface area contributed by atoms with Gasteiger partial charge in [0.15, 0.2) is 0 Å². The highest BCUT2D eigenvalue weighted by Gasteiger charge is 2.45. The first-order valence-electron chi connectivity index (χ1n) is 4.49. The van der Waals surface area contributed by atoms with Gasteiger partial charge >= 0.3 is 0 Å². The first-order chi connectivity index (χ1) is 5.45. The van der Waals surface area contributed by atoms with E-state index in [1.54, 1.807) is 0 Å². The summed E-state index contributed by atoms with van der Waals surface area (Å²) in [5.41, 5.74) is 0. The Balaban J connectivity index is 1.84. The Morgan fingerprint density at radius 1 is 1.36 bits per heavy atom. The van der Waals surface area contributed by atoms with Crippen molar-refractivity contribution < 1.29 is 0 Å². The molecule has 0 saturated carbocycles. The molecule has 0 spiro atoms. The molecule has 3 atom stereocenters. The van der Waals surface area contributed by atoms with E-state index in [-0.39, 0.29) is 0 Å². The summed E-state index contributed by atoms with van der Waals surface area (Å²) in [7, 11) is 0. The van der Waals surface area contributed by atoms with Crippen LogP contribution >= 0.6 is 11.8 Å². The maximum Gasteiger partial charge on any atom is 0.0451 e. The normalized spacial score (nSPS) is 49.6. The van der Waals surface area contributed by atoms with Gasteiger partial charge in [-0.05, 0) is 18.9 Å². The number of rotatable bonds is 0. The Hall–Kier alpha value is 0.270. The molecule has 0 aromatic carbocycles.